The molecule has 0 spiro atoms. The quantitative estimate of drug-likeness (QED) is 0.511. The van der Waals surface area contributed by atoms with Crippen molar-refractivity contribution in [2.24, 2.45) is 0 Å². The van der Waals surface area contributed by atoms with Gasteiger partial charge in [0.25, 0.3) is 0 Å². The Morgan fingerprint density at radius 3 is 1.59 bits per heavy atom. The first-order valence-corrected chi connectivity index (χ1v) is 4.51. The number of halogens is 5. The maximum atomic E-state index is 13.1. The predicted molar refractivity (Wildman–Crippen MR) is 48.0 cm³/mol. The van der Waals surface area contributed by atoms with Gasteiger partial charge >= 0.3 is 0 Å². The van der Waals surface area contributed by atoms with Gasteiger partial charge in [0.2, 0.25) is 29.1 Å². The minimum Gasteiger partial charge on any atom is -0.484 e. The summed E-state index contributed by atoms with van der Waals surface area (Å²) in [6.07, 6.45) is 0. The van der Waals surface area contributed by atoms with Crippen molar-refractivity contribution >= 4 is 0 Å². The lowest BCUT2D eigenvalue weighted by Gasteiger charge is -2.18. The Kier molecular flexibility index (Phi) is 3.61. The van der Waals surface area contributed by atoms with Crippen LogP contribution < -0.4 is 4.74 Å². The van der Waals surface area contributed by atoms with Crippen molar-refractivity contribution in [2.45, 2.75) is 19.4 Å². The summed E-state index contributed by atoms with van der Waals surface area (Å²) in [5.41, 5.74) is -1.47. The van der Waals surface area contributed by atoms with E-state index in [1.807, 2.05) is 0 Å². The third kappa shape index (κ3) is 2.85. The van der Waals surface area contributed by atoms with Gasteiger partial charge in [-0.2, -0.15) is 8.78 Å². The zero-order valence-corrected chi connectivity index (χ0v) is 8.95. The topological polar surface area (TPSA) is 29.5 Å². The molecule has 0 atom stereocenters. The molecular formula is C10H9F5O2. The molecule has 17 heavy (non-hydrogen) atoms. The second kappa shape index (κ2) is 4.48. The fourth-order valence-electron chi connectivity index (χ4n) is 0.960. The van der Waals surface area contributed by atoms with Gasteiger partial charge in [0.1, 0.15) is 6.61 Å². The summed E-state index contributed by atoms with van der Waals surface area (Å²) in [7, 11) is 0. The Hall–Kier alpha value is -1.37. The van der Waals surface area contributed by atoms with E-state index < -0.39 is 47.0 Å². The minimum atomic E-state index is -2.25. The summed E-state index contributed by atoms with van der Waals surface area (Å²) in [5.74, 6) is -12.0. The van der Waals surface area contributed by atoms with Crippen molar-refractivity contribution in [3.8, 4) is 5.75 Å². The molecule has 0 saturated heterocycles. The number of ether oxygens (including phenoxy) is 1. The van der Waals surface area contributed by atoms with Gasteiger partial charge in [-0.15, -0.1) is 0 Å². The Bertz CT molecular complexity index is 410. The van der Waals surface area contributed by atoms with E-state index in [4.69, 9.17) is 0 Å². The van der Waals surface area contributed by atoms with Crippen LogP contribution in [0.15, 0.2) is 0 Å². The number of rotatable bonds is 3. The van der Waals surface area contributed by atoms with Crippen LogP contribution in [0.25, 0.3) is 0 Å². The number of hydrogen-bond donors (Lipinski definition) is 1. The molecule has 0 fully saturated rings. The van der Waals surface area contributed by atoms with Gasteiger partial charge in [0.15, 0.2) is 5.75 Å². The van der Waals surface area contributed by atoms with E-state index in [1.165, 1.54) is 13.8 Å². The lowest BCUT2D eigenvalue weighted by Crippen LogP contribution is -2.28. The first-order valence-electron chi connectivity index (χ1n) is 4.51. The smallest absolute Gasteiger partial charge is 0.206 e. The van der Waals surface area contributed by atoms with E-state index in [2.05, 4.69) is 4.74 Å². The summed E-state index contributed by atoms with van der Waals surface area (Å²) in [6, 6.07) is 0. The second-order valence-corrected chi connectivity index (χ2v) is 4.00. The van der Waals surface area contributed by atoms with Gasteiger partial charge in [-0.25, -0.2) is 13.2 Å². The van der Waals surface area contributed by atoms with E-state index >= 15 is 0 Å². The van der Waals surface area contributed by atoms with Crippen molar-refractivity contribution in [1.29, 1.82) is 0 Å². The Balaban J connectivity index is 3.16. The van der Waals surface area contributed by atoms with Crippen molar-refractivity contribution in [1.82, 2.24) is 0 Å². The van der Waals surface area contributed by atoms with E-state index in [0.717, 1.165) is 0 Å². The molecule has 0 saturated carbocycles. The molecule has 0 radical (unpaired) electrons. The van der Waals surface area contributed by atoms with Gasteiger partial charge < -0.3 is 9.84 Å². The average Bonchev–Trinajstić information content (AvgIpc) is 2.22. The van der Waals surface area contributed by atoms with Crippen molar-refractivity contribution in [3.63, 3.8) is 0 Å². The first-order chi connectivity index (χ1) is 7.65. The highest BCUT2D eigenvalue weighted by Gasteiger charge is 2.28. The molecule has 2 nitrogen and oxygen atoms in total. The van der Waals surface area contributed by atoms with Crippen LogP contribution in [0.3, 0.4) is 0 Å². The minimum absolute atomic E-state index is 0.620. The fraction of sp³-hybridized carbons (Fsp3) is 0.400. The third-order valence-corrected chi connectivity index (χ3v) is 1.74. The van der Waals surface area contributed by atoms with Crippen LogP contribution in [0.5, 0.6) is 5.75 Å². The molecule has 1 rings (SSSR count). The molecule has 0 unspecified atom stereocenters. The molecule has 7 heteroatoms. The van der Waals surface area contributed by atoms with Crippen LogP contribution in [0.1, 0.15) is 13.8 Å². The highest BCUT2D eigenvalue weighted by atomic mass is 19.2. The summed E-state index contributed by atoms with van der Waals surface area (Å²) < 4.78 is 68.6. The van der Waals surface area contributed by atoms with Gasteiger partial charge in [0, 0.05) is 0 Å². The fourth-order valence-corrected chi connectivity index (χ4v) is 0.960. The van der Waals surface area contributed by atoms with Crippen LogP contribution in [-0.2, 0) is 0 Å². The maximum absolute atomic E-state index is 13.1. The van der Waals surface area contributed by atoms with Crippen LogP contribution >= 0.6 is 0 Å². The van der Waals surface area contributed by atoms with Crippen LogP contribution in [0.4, 0.5) is 22.0 Å². The molecule has 1 aromatic carbocycles. The molecule has 0 heterocycles. The van der Waals surface area contributed by atoms with Crippen molar-refractivity contribution < 1.29 is 31.8 Å². The monoisotopic (exact) mass is 256 g/mol. The Morgan fingerprint density at radius 2 is 1.24 bits per heavy atom. The van der Waals surface area contributed by atoms with E-state index in [0.29, 0.717) is 0 Å². The Morgan fingerprint density at radius 1 is 0.882 bits per heavy atom. The highest BCUT2D eigenvalue weighted by molar-refractivity contribution is 5.29. The van der Waals surface area contributed by atoms with E-state index in [1.54, 1.807) is 0 Å². The second-order valence-electron chi connectivity index (χ2n) is 4.00. The van der Waals surface area contributed by atoms with Gasteiger partial charge in [0.05, 0.1) is 5.60 Å². The van der Waals surface area contributed by atoms with Gasteiger partial charge in [-0.1, -0.05) is 0 Å². The van der Waals surface area contributed by atoms with Crippen molar-refractivity contribution in [3.05, 3.63) is 29.1 Å². The van der Waals surface area contributed by atoms with Gasteiger partial charge in [-0.3, -0.25) is 0 Å². The molecule has 0 bridgehead atoms. The molecule has 96 valence electrons. The zero-order chi connectivity index (χ0) is 13.4. The molecule has 0 aliphatic rings. The van der Waals surface area contributed by atoms with E-state index in [9.17, 15) is 27.1 Å². The summed E-state index contributed by atoms with van der Waals surface area (Å²) in [5, 5.41) is 9.22. The molecule has 0 aliphatic carbocycles. The normalized spacial score (nSPS) is 11.8. The SMILES string of the molecule is CC(C)(O)COc1c(F)c(F)c(F)c(F)c1F. The van der Waals surface area contributed by atoms with Crippen LogP contribution in [0.2, 0.25) is 0 Å². The molecule has 1 N–H and O–H groups in total. The molecule has 1 aromatic rings. The molecule has 0 amide bonds. The maximum Gasteiger partial charge on any atom is 0.206 e. The first kappa shape index (κ1) is 13.7. The molecular weight excluding hydrogens is 247 g/mol. The summed E-state index contributed by atoms with van der Waals surface area (Å²) in [6.45, 7) is 1.88. The zero-order valence-electron chi connectivity index (χ0n) is 8.95. The molecule has 0 aromatic heterocycles. The Labute approximate surface area is 93.6 Å². The van der Waals surface area contributed by atoms with Crippen molar-refractivity contribution in [2.75, 3.05) is 6.61 Å². The summed E-state index contributed by atoms with van der Waals surface area (Å²) >= 11 is 0. The average molecular weight is 256 g/mol. The van der Waals surface area contributed by atoms with Crippen LogP contribution in [0, 0.1) is 29.1 Å². The van der Waals surface area contributed by atoms with E-state index in [-0.39, 0.29) is 0 Å². The number of benzene rings is 1. The standard InChI is InChI=1S/C10H9F5O2/c1-10(2,16)3-17-9-7(14)5(12)4(11)6(13)8(9)15/h16H,3H2,1-2H3. The third-order valence-electron chi connectivity index (χ3n) is 1.74. The lowest BCUT2D eigenvalue weighted by molar-refractivity contribution is 0.0249. The number of aliphatic hydroxyl groups is 1. The summed E-state index contributed by atoms with van der Waals surface area (Å²) in [4.78, 5) is 0. The van der Waals surface area contributed by atoms with Crippen LogP contribution in [-0.4, -0.2) is 17.3 Å². The van der Waals surface area contributed by atoms with Gasteiger partial charge in [-0.05, 0) is 13.8 Å². The number of hydrogen-bond acceptors (Lipinski definition) is 2. The highest BCUT2D eigenvalue weighted by Crippen LogP contribution is 2.29. The lowest BCUT2D eigenvalue weighted by atomic mass is 10.2. The predicted octanol–water partition coefficient (Wildman–Crippen LogP) is 2.53. The largest absolute Gasteiger partial charge is 0.484 e. The molecule has 0 aliphatic heterocycles.